The molecule has 4 aliphatic carbocycles. The molecule has 4 aliphatic rings. The molecule has 25 heavy (non-hydrogen) atoms. The maximum absolute atomic E-state index is 10.6. The van der Waals surface area contributed by atoms with E-state index in [1.165, 1.54) is 25.7 Å². The average molecular weight is 345 g/mol. The Bertz CT molecular complexity index is 640. The smallest absolute Gasteiger partial charge is 0.0594 e. The highest BCUT2D eigenvalue weighted by molar-refractivity contribution is 5.49. The summed E-state index contributed by atoms with van der Waals surface area (Å²) < 4.78 is 0. The highest BCUT2D eigenvalue weighted by atomic mass is 16.3. The van der Waals surface area contributed by atoms with E-state index in [4.69, 9.17) is 0 Å². The van der Waals surface area contributed by atoms with Gasteiger partial charge in [0.2, 0.25) is 0 Å². The van der Waals surface area contributed by atoms with Crippen molar-refractivity contribution in [3.63, 3.8) is 0 Å². The van der Waals surface area contributed by atoms with E-state index in [0.29, 0.717) is 11.8 Å². The van der Waals surface area contributed by atoms with Gasteiger partial charge in [-0.15, -0.1) is 0 Å². The van der Waals surface area contributed by atoms with E-state index in [2.05, 4.69) is 33.8 Å². The van der Waals surface area contributed by atoms with Gasteiger partial charge in [0.05, 0.1) is 12.2 Å². The number of aliphatic hydroxyl groups is 2. The van der Waals surface area contributed by atoms with E-state index in [9.17, 15) is 10.2 Å². The Kier molecular flexibility index (Phi) is 3.88. The molecule has 0 aromatic heterocycles. The van der Waals surface area contributed by atoms with Crippen LogP contribution in [0.3, 0.4) is 0 Å². The van der Waals surface area contributed by atoms with Crippen LogP contribution in [0.4, 0.5) is 0 Å². The molecule has 0 radical (unpaired) electrons. The van der Waals surface area contributed by atoms with Gasteiger partial charge in [0.15, 0.2) is 0 Å². The molecule has 140 valence electrons. The molecule has 1 saturated carbocycles. The van der Waals surface area contributed by atoms with Gasteiger partial charge in [-0.2, -0.15) is 0 Å². The molecular weight excluding hydrogens is 308 g/mol. The first-order valence-electron chi connectivity index (χ1n) is 10.4. The lowest BCUT2D eigenvalue weighted by atomic mass is 9.46. The number of fused-ring (bicyclic) bond motifs is 4. The Labute approximate surface area is 153 Å². The average Bonchev–Trinajstić information content (AvgIpc) is 2.89. The minimum absolute atomic E-state index is 0.0124. The fourth-order valence-corrected chi connectivity index (χ4v) is 7.45. The first-order chi connectivity index (χ1) is 11.6. The largest absolute Gasteiger partial charge is 0.393 e. The topological polar surface area (TPSA) is 40.5 Å². The standard InChI is InChI=1S/C23H36O2/c1-14(24)16-7-8-17-15-6-9-19-21(2,3)20(25)11-13-23(19,5)18(15)10-12-22(16,17)4/h8,14,16,19-20,24-25H,6-7,9-13H2,1-5H3/t14-,16-,19+,20+,22-,23-/m1/s1. The quantitative estimate of drug-likeness (QED) is 0.702. The number of allylic oxidation sites excluding steroid dienone is 4. The Hall–Kier alpha value is -0.600. The van der Waals surface area contributed by atoms with Crippen LogP contribution in [-0.4, -0.2) is 22.4 Å². The van der Waals surface area contributed by atoms with Crippen LogP contribution in [0, 0.1) is 28.1 Å². The van der Waals surface area contributed by atoms with Crippen molar-refractivity contribution in [2.24, 2.45) is 28.1 Å². The summed E-state index contributed by atoms with van der Waals surface area (Å²) in [7, 11) is 0. The molecule has 0 amide bonds. The molecule has 0 saturated heterocycles. The maximum atomic E-state index is 10.6. The normalized spacial score (nSPS) is 46.8. The summed E-state index contributed by atoms with van der Waals surface area (Å²) in [6.07, 6.45) is 9.90. The van der Waals surface area contributed by atoms with Gasteiger partial charge in [0.25, 0.3) is 0 Å². The molecule has 2 N–H and O–H groups in total. The lowest BCUT2D eigenvalue weighted by Crippen LogP contribution is -2.53. The Morgan fingerprint density at radius 1 is 1.04 bits per heavy atom. The molecule has 0 bridgehead atoms. The second kappa shape index (κ2) is 5.45. The molecule has 6 atom stereocenters. The third-order valence-electron chi connectivity index (χ3n) is 9.01. The minimum atomic E-state index is -0.225. The Balaban J connectivity index is 1.76. The molecule has 0 heterocycles. The zero-order valence-corrected chi connectivity index (χ0v) is 16.7. The van der Waals surface area contributed by atoms with Crippen molar-refractivity contribution in [1.82, 2.24) is 0 Å². The molecular formula is C23H36O2. The number of rotatable bonds is 1. The predicted molar refractivity (Wildman–Crippen MR) is 102 cm³/mol. The summed E-state index contributed by atoms with van der Waals surface area (Å²) in [4.78, 5) is 0. The Morgan fingerprint density at radius 3 is 2.44 bits per heavy atom. The molecule has 2 heteroatoms. The van der Waals surface area contributed by atoms with Crippen molar-refractivity contribution in [1.29, 1.82) is 0 Å². The summed E-state index contributed by atoms with van der Waals surface area (Å²) in [5.74, 6) is 0.966. The van der Waals surface area contributed by atoms with Crippen LogP contribution in [0.5, 0.6) is 0 Å². The van der Waals surface area contributed by atoms with Gasteiger partial charge in [-0.1, -0.05) is 39.3 Å². The number of hydrogen-bond acceptors (Lipinski definition) is 2. The lowest BCUT2D eigenvalue weighted by molar-refractivity contribution is -0.0907. The maximum Gasteiger partial charge on any atom is 0.0594 e. The van der Waals surface area contributed by atoms with Crippen molar-refractivity contribution >= 4 is 0 Å². The molecule has 4 rings (SSSR count). The van der Waals surface area contributed by atoms with Crippen LogP contribution in [0.25, 0.3) is 0 Å². The van der Waals surface area contributed by atoms with E-state index in [0.717, 1.165) is 19.3 Å². The monoisotopic (exact) mass is 344 g/mol. The fourth-order valence-electron chi connectivity index (χ4n) is 7.45. The first kappa shape index (κ1) is 17.8. The van der Waals surface area contributed by atoms with Crippen LogP contribution in [0.1, 0.15) is 79.6 Å². The second-order valence-corrected chi connectivity index (χ2v) is 10.5. The molecule has 0 aromatic carbocycles. The molecule has 0 aromatic rings. The van der Waals surface area contributed by atoms with E-state index in [1.54, 1.807) is 16.7 Å². The van der Waals surface area contributed by atoms with Crippen LogP contribution in [0.2, 0.25) is 0 Å². The van der Waals surface area contributed by atoms with Crippen molar-refractivity contribution in [2.45, 2.75) is 91.8 Å². The third-order valence-corrected chi connectivity index (χ3v) is 9.01. The van der Waals surface area contributed by atoms with Gasteiger partial charge in [-0.05, 0) is 91.1 Å². The summed E-state index contributed by atoms with van der Waals surface area (Å²) in [5.41, 5.74) is 5.35. The van der Waals surface area contributed by atoms with Crippen LogP contribution in [-0.2, 0) is 0 Å². The lowest BCUT2D eigenvalue weighted by Gasteiger charge is -2.59. The van der Waals surface area contributed by atoms with Crippen molar-refractivity contribution in [3.05, 3.63) is 22.8 Å². The molecule has 0 unspecified atom stereocenters. The number of hydrogen-bond donors (Lipinski definition) is 2. The zero-order chi connectivity index (χ0) is 18.2. The molecule has 1 fully saturated rings. The van der Waals surface area contributed by atoms with E-state index in [-0.39, 0.29) is 28.5 Å². The fraction of sp³-hybridized carbons (Fsp3) is 0.826. The highest BCUT2D eigenvalue weighted by Gasteiger charge is 2.57. The van der Waals surface area contributed by atoms with Crippen LogP contribution >= 0.6 is 0 Å². The summed E-state index contributed by atoms with van der Waals surface area (Å²) in [6.45, 7) is 11.4. The van der Waals surface area contributed by atoms with E-state index < -0.39 is 0 Å². The molecule has 0 aliphatic heterocycles. The molecule has 2 nitrogen and oxygen atoms in total. The Morgan fingerprint density at radius 2 is 1.76 bits per heavy atom. The van der Waals surface area contributed by atoms with Gasteiger partial charge in [0.1, 0.15) is 0 Å². The van der Waals surface area contributed by atoms with Gasteiger partial charge < -0.3 is 10.2 Å². The van der Waals surface area contributed by atoms with Crippen LogP contribution < -0.4 is 0 Å². The summed E-state index contributed by atoms with van der Waals surface area (Å²) >= 11 is 0. The molecule has 0 spiro atoms. The first-order valence-corrected chi connectivity index (χ1v) is 10.4. The third kappa shape index (κ3) is 2.22. The zero-order valence-electron chi connectivity index (χ0n) is 16.7. The predicted octanol–water partition coefficient (Wildman–Crippen LogP) is 5.01. The second-order valence-electron chi connectivity index (χ2n) is 10.5. The SMILES string of the molecule is C[C@@H](O)[C@H]1CC=C2C3=C(CC[C@@]21C)[C@@]1(C)CC[C@H](O)C(C)(C)[C@@H]1CC3. The highest BCUT2D eigenvalue weighted by Crippen LogP contribution is 2.66. The van der Waals surface area contributed by atoms with E-state index >= 15 is 0 Å². The van der Waals surface area contributed by atoms with Crippen LogP contribution in [0.15, 0.2) is 22.8 Å². The van der Waals surface area contributed by atoms with Gasteiger partial charge >= 0.3 is 0 Å². The van der Waals surface area contributed by atoms with Gasteiger partial charge in [-0.3, -0.25) is 0 Å². The summed E-state index contributed by atoms with van der Waals surface area (Å²) in [6, 6.07) is 0. The van der Waals surface area contributed by atoms with Crippen molar-refractivity contribution < 1.29 is 10.2 Å². The summed E-state index contributed by atoms with van der Waals surface area (Å²) in [5, 5.41) is 20.9. The van der Waals surface area contributed by atoms with Crippen molar-refractivity contribution in [3.8, 4) is 0 Å². The van der Waals surface area contributed by atoms with Gasteiger partial charge in [0, 0.05) is 0 Å². The number of aliphatic hydroxyl groups excluding tert-OH is 2. The minimum Gasteiger partial charge on any atom is -0.393 e. The van der Waals surface area contributed by atoms with E-state index in [1.807, 2.05) is 6.92 Å². The van der Waals surface area contributed by atoms with Crippen molar-refractivity contribution in [2.75, 3.05) is 0 Å². The van der Waals surface area contributed by atoms with Gasteiger partial charge in [-0.25, -0.2) is 0 Å².